The average molecular weight is 1210 g/mol. The van der Waals surface area contributed by atoms with Gasteiger partial charge in [0.2, 0.25) is 0 Å². The number of phenolic OH excluding ortho intramolecular Hbond substituents is 1. The van der Waals surface area contributed by atoms with Crippen molar-refractivity contribution in [2.45, 2.75) is 31.4 Å². The molecule has 10 aromatic rings. The molecule has 0 saturated carbocycles. The number of ether oxygens (including phenoxy) is 1. The fourth-order valence-corrected chi connectivity index (χ4v) is 12.0. The summed E-state index contributed by atoms with van der Waals surface area (Å²) in [6.07, 6.45) is 2.20. The van der Waals surface area contributed by atoms with Crippen molar-refractivity contribution in [2.75, 3.05) is 11.9 Å². The van der Waals surface area contributed by atoms with Gasteiger partial charge in [-0.15, -0.1) is 25.5 Å². The van der Waals surface area contributed by atoms with Gasteiger partial charge in [-0.2, -0.15) is 52.0 Å². The Labute approximate surface area is 465 Å². The third-order valence-electron chi connectivity index (χ3n) is 12.4. The average Bonchev–Trinajstić information content (AvgIpc) is 3.58. The van der Waals surface area contributed by atoms with Crippen molar-refractivity contribution in [1.29, 1.82) is 0 Å². The molecule has 0 atom stereocenters. The van der Waals surface area contributed by atoms with Crippen molar-refractivity contribution in [3.05, 3.63) is 157 Å². The van der Waals surface area contributed by atoms with Gasteiger partial charge in [0.25, 0.3) is 50.6 Å². The lowest BCUT2D eigenvalue weighted by Crippen LogP contribution is -2.05. The lowest BCUT2D eigenvalue weighted by molar-refractivity contribution is 0.342. The van der Waals surface area contributed by atoms with Crippen molar-refractivity contribution in [3.8, 4) is 17.2 Å². The molecule has 0 spiro atoms. The zero-order chi connectivity index (χ0) is 58.7. The normalized spacial score (nSPS) is 13.0. The maximum atomic E-state index is 12.9. The molecule has 30 heteroatoms. The molecule has 0 fully saturated rings. The van der Waals surface area contributed by atoms with Crippen molar-refractivity contribution in [3.63, 3.8) is 0 Å². The molecule has 0 aliphatic carbocycles. The van der Waals surface area contributed by atoms with Crippen LogP contribution in [-0.2, 0) is 50.6 Å². The van der Waals surface area contributed by atoms with E-state index < -0.39 is 86.5 Å². The van der Waals surface area contributed by atoms with Crippen LogP contribution in [0.4, 0.5) is 34.1 Å². The van der Waals surface area contributed by atoms with E-state index in [9.17, 15) is 70.0 Å². The highest BCUT2D eigenvalue weighted by atomic mass is 32.2. The van der Waals surface area contributed by atoms with Gasteiger partial charge in [0.05, 0.1) is 28.6 Å². The fourth-order valence-electron chi connectivity index (χ4n) is 8.76. The molecule has 10 rings (SSSR count). The Morgan fingerprint density at radius 3 is 1.79 bits per heavy atom. The number of fused-ring (bicyclic) bond motifs is 5. The summed E-state index contributed by atoms with van der Waals surface area (Å²) < 4.78 is 183. The zero-order valence-electron chi connectivity index (χ0n) is 41.6. The van der Waals surface area contributed by atoms with Crippen LogP contribution >= 0.6 is 0 Å². The van der Waals surface area contributed by atoms with E-state index in [0.717, 1.165) is 59.4 Å². The molecule has 0 amide bonds. The SMILES string of the molecule is CCOc1cc(N=Nc2ccc(C=Cc3ccc(-n4nc5cc(S(=O)(=O)O)c6ccccc6c5n4)cc3S(=O)(=O)O)c(S(=O)(=O)O)c2)c2cc(S(=O)(=O)O)ccc2c1N=Nc1c(S(=O)(=O)O)cc2cc(Nc3ccccc3)ccc2c1O. The molecule has 82 heavy (non-hydrogen) atoms. The van der Waals surface area contributed by atoms with Crippen LogP contribution in [0.5, 0.6) is 11.5 Å². The lowest BCUT2D eigenvalue weighted by atomic mass is 10.1. The fraction of sp³-hybridized carbons (Fsp3) is 0.0385. The summed E-state index contributed by atoms with van der Waals surface area (Å²) in [5, 5.41) is 40.6. The van der Waals surface area contributed by atoms with Gasteiger partial charge in [-0.25, -0.2) is 0 Å². The Balaban J connectivity index is 1.01. The molecular weight excluding hydrogens is 1170 g/mol. The first-order valence-electron chi connectivity index (χ1n) is 23.5. The van der Waals surface area contributed by atoms with Crippen molar-refractivity contribution >= 4 is 140 Å². The van der Waals surface area contributed by atoms with Gasteiger partial charge in [0.1, 0.15) is 47.7 Å². The first-order chi connectivity index (χ1) is 38.6. The van der Waals surface area contributed by atoms with Crippen LogP contribution in [0.25, 0.3) is 61.2 Å². The Morgan fingerprint density at radius 2 is 1.13 bits per heavy atom. The minimum Gasteiger partial charge on any atom is -0.505 e. The highest BCUT2D eigenvalue weighted by Crippen LogP contribution is 2.47. The molecule has 7 N–H and O–H groups in total. The topological polar surface area (TPSA) is 393 Å². The number of nitrogens with one attached hydrogen (secondary N) is 1. The second-order valence-corrected chi connectivity index (χ2v) is 24.7. The number of aromatic nitrogens is 3. The summed E-state index contributed by atoms with van der Waals surface area (Å²) in [6.45, 7) is 1.54. The molecule has 0 aliphatic rings. The predicted octanol–water partition coefficient (Wildman–Crippen LogP) is 11.0. The molecule has 0 unspecified atom stereocenters. The Hall–Kier alpha value is -8.95. The number of hydrogen-bond donors (Lipinski definition) is 7. The Bertz CT molecular complexity index is 5020. The monoisotopic (exact) mass is 1210 g/mol. The minimum atomic E-state index is -5.12. The number of hydrogen-bond acceptors (Lipinski definition) is 19. The van der Waals surface area contributed by atoms with E-state index in [1.54, 1.807) is 49.4 Å². The van der Waals surface area contributed by atoms with Gasteiger partial charge in [-0.3, -0.25) is 22.8 Å². The molecule has 0 aliphatic heterocycles. The second kappa shape index (κ2) is 21.2. The third-order valence-corrected chi connectivity index (χ3v) is 16.8. The van der Waals surface area contributed by atoms with Gasteiger partial charge in [-0.1, -0.05) is 72.8 Å². The minimum absolute atomic E-state index is 0.00396. The standard InChI is InChI=1S/C52H38N8O17S5/c1-2-77-44-27-42(41-26-36(78(62,63)64)19-21-40(41)50(44)56-57-51-48(82(74,75)76)23-31-22-33(17-20-37(31)52(51)61)53-32-8-4-3-5-9-32)55-54-34-16-14-29(45(24-34)79(65,66)67)12-13-30-15-18-35(25-46(30)80(68,69)70)60-58-43-28-47(81(71,72)73)38-10-6-7-11-39(38)49(43)59-60/h3-28,53,61H,2H2,1H3,(H,62,63,64)(H,65,66,67)(H,68,69,70)(H,71,72,73)(H,74,75,76). The molecule has 0 bridgehead atoms. The summed E-state index contributed by atoms with van der Waals surface area (Å²) in [5.74, 6) is -0.827. The van der Waals surface area contributed by atoms with Crippen molar-refractivity contribution in [1.82, 2.24) is 15.0 Å². The number of azo groups is 2. The first kappa shape index (κ1) is 56.3. The summed E-state index contributed by atoms with van der Waals surface area (Å²) in [6, 6.07) is 33.1. The maximum Gasteiger partial charge on any atom is 0.296 e. The van der Waals surface area contributed by atoms with E-state index in [4.69, 9.17) is 4.74 Å². The van der Waals surface area contributed by atoms with E-state index in [-0.39, 0.29) is 84.2 Å². The zero-order valence-corrected chi connectivity index (χ0v) is 45.6. The number of benzene rings is 9. The molecule has 418 valence electrons. The summed E-state index contributed by atoms with van der Waals surface area (Å²) >= 11 is 0. The molecule has 0 radical (unpaired) electrons. The smallest absolute Gasteiger partial charge is 0.296 e. The molecular formula is C52H38N8O17S5. The van der Waals surface area contributed by atoms with E-state index >= 15 is 0 Å². The van der Waals surface area contributed by atoms with E-state index in [1.165, 1.54) is 54.6 Å². The first-order valence-corrected chi connectivity index (χ1v) is 30.7. The Morgan fingerprint density at radius 1 is 0.512 bits per heavy atom. The van der Waals surface area contributed by atoms with Crippen LogP contribution in [0.15, 0.2) is 191 Å². The molecule has 9 aromatic carbocycles. The number of aromatic hydroxyl groups is 1. The Kier molecular flexibility index (Phi) is 14.5. The lowest BCUT2D eigenvalue weighted by Gasteiger charge is -2.13. The van der Waals surface area contributed by atoms with E-state index in [0.29, 0.717) is 16.8 Å². The van der Waals surface area contributed by atoms with Crippen molar-refractivity contribution < 1.29 is 74.7 Å². The number of anilines is 2. The molecule has 1 aromatic heterocycles. The van der Waals surface area contributed by atoms with Gasteiger partial charge in [0.15, 0.2) is 5.75 Å². The number of phenols is 1. The second-order valence-electron chi connectivity index (χ2n) is 17.7. The van der Waals surface area contributed by atoms with Crippen LogP contribution in [0, 0.1) is 0 Å². The molecule has 25 nitrogen and oxygen atoms in total. The number of para-hydroxylation sites is 1. The van der Waals surface area contributed by atoms with Gasteiger partial charge in [-0.05, 0) is 102 Å². The van der Waals surface area contributed by atoms with Gasteiger partial charge < -0.3 is 15.2 Å². The highest BCUT2D eigenvalue weighted by Gasteiger charge is 2.26. The van der Waals surface area contributed by atoms with Crippen LogP contribution in [-0.4, -0.2) is 91.6 Å². The van der Waals surface area contributed by atoms with Crippen LogP contribution < -0.4 is 10.1 Å². The van der Waals surface area contributed by atoms with Crippen LogP contribution in [0.2, 0.25) is 0 Å². The van der Waals surface area contributed by atoms with Crippen LogP contribution in [0.3, 0.4) is 0 Å². The number of nitrogens with zero attached hydrogens (tertiary/aromatic N) is 7. The third kappa shape index (κ3) is 11.5. The van der Waals surface area contributed by atoms with Crippen LogP contribution in [0.1, 0.15) is 18.1 Å². The quantitative estimate of drug-likeness (QED) is 0.0268. The number of rotatable bonds is 16. The largest absolute Gasteiger partial charge is 0.505 e. The summed E-state index contributed by atoms with van der Waals surface area (Å²) in [4.78, 5) is -2.45. The van der Waals surface area contributed by atoms with Gasteiger partial charge in [0, 0.05) is 44.4 Å². The summed E-state index contributed by atoms with van der Waals surface area (Å²) in [7, 11) is -24.9. The maximum absolute atomic E-state index is 12.9. The summed E-state index contributed by atoms with van der Waals surface area (Å²) in [5.41, 5.74) is -0.391. The van der Waals surface area contributed by atoms with Gasteiger partial charge >= 0.3 is 0 Å². The van der Waals surface area contributed by atoms with Crippen molar-refractivity contribution in [2.24, 2.45) is 20.5 Å². The highest BCUT2D eigenvalue weighted by molar-refractivity contribution is 7.87. The molecule has 1 heterocycles. The molecule has 0 saturated heterocycles. The predicted molar refractivity (Wildman–Crippen MR) is 300 cm³/mol. The van der Waals surface area contributed by atoms with E-state index in [2.05, 4.69) is 36.0 Å². The van der Waals surface area contributed by atoms with E-state index in [1.807, 2.05) is 6.07 Å².